The van der Waals surface area contributed by atoms with Crippen LogP contribution in [0.3, 0.4) is 0 Å². The number of rotatable bonds is 5. The molecule has 0 spiro atoms. The van der Waals surface area contributed by atoms with E-state index in [1.807, 2.05) is 19.9 Å². The van der Waals surface area contributed by atoms with Crippen LogP contribution in [0.25, 0.3) is 0 Å². The van der Waals surface area contributed by atoms with E-state index in [1.165, 1.54) is 4.88 Å². The van der Waals surface area contributed by atoms with E-state index in [0.717, 1.165) is 12.8 Å². The molecule has 3 nitrogen and oxygen atoms in total. The van der Waals surface area contributed by atoms with Crippen molar-refractivity contribution in [2.24, 2.45) is 5.41 Å². The lowest BCUT2D eigenvalue weighted by molar-refractivity contribution is -0.129. The van der Waals surface area contributed by atoms with Gasteiger partial charge in [-0.2, -0.15) is 0 Å². The molecule has 18 heavy (non-hydrogen) atoms. The Bertz CT molecular complexity index is 400. The molecule has 0 bridgehead atoms. The minimum Gasteiger partial charge on any atom is -0.392 e. The van der Waals surface area contributed by atoms with Crippen LogP contribution in [-0.2, 0) is 11.2 Å². The predicted molar refractivity (Wildman–Crippen MR) is 73.6 cm³/mol. The first-order valence-electron chi connectivity index (χ1n) is 6.50. The van der Waals surface area contributed by atoms with E-state index in [2.05, 4.69) is 16.8 Å². The summed E-state index contributed by atoms with van der Waals surface area (Å²) in [5, 5.41) is 14.7. The second kappa shape index (κ2) is 5.41. The van der Waals surface area contributed by atoms with Gasteiger partial charge in [0.15, 0.2) is 0 Å². The zero-order chi connectivity index (χ0) is 13.2. The number of aliphatic hydroxyl groups is 1. The fraction of sp³-hybridized carbons (Fsp3) is 0.643. The van der Waals surface area contributed by atoms with E-state index in [1.54, 1.807) is 11.3 Å². The van der Waals surface area contributed by atoms with Crippen molar-refractivity contribution < 1.29 is 9.90 Å². The lowest BCUT2D eigenvalue weighted by atomic mass is 9.64. The predicted octanol–water partition coefficient (Wildman–Crippen LogP) is 2.35. The first-order chi connectivity index (χ1) is 8.50. The molecule has 1 aliphatic rings. The van der Waals surface area contributed by atoms with Crippen LogP contribution < -0.4 is 5.32 Å². The number of thiophene rings is 1. The molecular formula is C14H21NO2S. The molecule has 0 aromatic carbocycles. The van der Waals surface area contributed by atoms with Crippen molar-refractivity contribution in [3.05, 3.63) is 22.4 Å². The van der Waals surface area contributed by atoms with Gasteiger partial charge in [0.1, 0.15) is 0 Å². The highest BCUT2D eigenvalue weighted by Crippen LogP contribution is 2.40. The second-order valence-corrected chi connectivity index (χ2v) is 6.66. The molecule has 2 unspecified atom stereocenters. The van der Waals surface area contributed by atoms with Crippen molar-refractivity contribution in [1.29, 1.82) is 0 Å². The molecule has 4 heteroatoms. The van der Waals surface area contributed by atoms with Gasteiger partial charge >= 0.3 is 0 Å². The second-order valence-electron chi connectivity index (χ2n) is 5.63. The average Bonchev–Trinajstić information content (AvgIpc) is 2.82. The first-order valence-corrected chi connectivity index (χ1v) is 7.38. The lowest BCUT2D eigenvalue weighted by Gasteiger charge is -2.49. The minimum absolute atomic E-state index is 0.108. The third-order valence-corrected chi connectivity index (χ3v) is 4.89. The van der Waals surface area contributed by atoms with Gasteiger partial charge in [0.05, 0.1) is 6.10 Å². The lowest BCUT2D eigenvalue weighted by Crippen LogP contribution is -2.61. The molecule has 1 aromatic rings. The molecule has 1 fully saturated rings. The van der Waals surface area contributed by atoms with Gasteiger partial charge in [-0.3, -0.25) is 4.79 Å². The van der Waals surface area contributed by atoms with E-state index < -0.39 is 0 Å². The molecule has 2 N–H and O–H groups in total. The Balaban J connectivity index is 1.67. The molecule has 100 valence electrons. The van der Waals surface area contributed by atoms with Gasteiger partial charge in [-0.25, -0.2) is 0 Å². The van der Waals surface area contributed by atoms with Crippen LogP contribution in [0.4, 0.5) is 0 Å². The number of aryl methyl sites for hydroxylation is 1. The summed E-state index contributed by atoms with van der Waals surface area (Å²) in [7, 11) is 0. The van der Waals surface area contributed by atoms with Crippen LogP contribution in [0.1, 0.15) is 38.0 Å². The molecule has 1 amide bonds. The molecule has 0 aliphatic heterocycles. The number of aliphatic hydroxyl groups excluding tert-OH is 1. The molecule has 2 atom stereocenters. The highest BCUT2D eigenvalue weighted by Gasteiger charge is 2.47. The van der Waals surface area contributed by atoms with Crippen LogP contribution in [0, 0.1) is 5.41 Å². The molecule has 1 heterocycles. The van der Waals surface area contributed by atoms with Crippen molar-refractivity contribution in [2.45, 2.75) is 51.7 Å². The van der Waals surface area contributed by atoms with Gasteiger partial charge in [0.25, 0.3) is 0 Å². The normalized spacial score (nSPS) is 25.5. The molecule has 0 radical (unpaired) electrons. The number of hydrogen-bond donors (Lipinski definition) is 2. The Morgan fingerprint density at radius 3 is 2.94 bits per heavy atom. The van der Waals surface area contributed by atoms with E-state index in [4.69, 9.17) is 0 Å². The molecule has 2 rings (SSSR count). The number of carbonyl (C=O) groups is 1. The van der Waals surface area contributed by atoms with Gasteiger partial charge in [0.2, 0.25) is 5.91 Å². The number of carbonyl (C=O) groups excluding carboxylic acids is 1. The van der Waals surface area contributed by atoms with Gasteiger partial charge in [-0.15, -0.1) is 11.3 Å². The van der Waals surface area contributed by atoms with E-state index in [0.29, 0.717) is 12.8 Å². The zero-order valence-electron chi connectivity index (χ0n) is 11.0. The largest absolute Gasteiger partial charge is 0.392 e. The maximum atomic E-state index is 11.8. The summed E-state index contributed by atoms with van der Waals surface area (Å²) in [6, 6.07) is 4.27. The number of amides is 1. The highest BCUT2D eigenvalue weighted by molar-refractivity contribution is 7.09. The van der Waals surface area contributed by atoms with Gasteiger partial charge in [0, 0.05) is 22.8 Å². The van der Waals surface area contributed by atoms with Gasteiger partial charge in [-0.05, 0) is 30.7 Å². The monoisotopic (exact) mass is 267 g/mol. The standard InChI is InChI=1S/C14H21NO2S/c1-14(2)11(9-12(14)16)15-13(17)7-3-5-10-6-4-8-18-10/h4,6,8,11-12,16H,3,5,7,9H2,1-2H3,(H,15,17). The summed E-state index contributed by atoms with van der Waals surface area (Å²) >= 11 is 1.74. The SMILES string of the molecule is CC1(C)C(O)CC1NC(=O)CCCc1cccs1. The minimum atomic E-state index is -0.283. The first kappa shape index (κ1) is 13.6. The smallest absolute Gasteiger partial charge is 0.220 e. The van der Waals surface area contributed by atoms with Crippen LogP contribution in [0.15, 0.2) is 17.5 Å². The van der Waals surface area contributed by atoms with Crippen molar-refractivity contribution in [1.82, 2.24) is 5.32 Å². The third kappa shape index (κ3) is 2.93. The van der Waals surface area contributed by atoms with E-state index >= 15 is 0 Å². The Labute approximate surface area is 112 Å². The van der Waals surface area contributed by atoms with Crippen molar-refractivity contribution in [3.8, 4) is 0 Å². The summed E-state index contributed by atoms with van der Waals surface area (Å²) in [4.78, 5) is 13.1. The summed E-state index contributed by atoms with van der Waals surface area (Å²) < 4.78 is 0. The van der Waals surface area contributed by atoms with E-state index in [9.17, 15) is 9.90 Å². The summed E-state index contributed by atoms with van der Waals surface area (Å²) in [5.41, 5.74) is -0.177. The molecule has 1 aliphatic carbocycles. The van der Waals surface area contributed by atoms with Gasteiger partial charge < -0.3 is 10.4 Å². The number of hydrogen-bond acceptors (Lipinski definition) is 3. The van der Waals surface area contributed by atoms with Crippen LogP contribution in [-0.4, -0.2) is 23.2 Å². The summed E-state index contributed by atoms with van der Waals surface area (Å²) in [5.74, 6) is 0.108. The zero-order valence-corrected chi connectivity index (χ0v) is 11.8. The van der Waals surface area contributed by atoms with Gasteiger partial charge in [-0.1, -0.05) is 19.9 Å². The van der Waals surface area contributed by atoms with Crippen molar-refractivity contribution in [3.63, 3.8) is 0 Å². The maximum absolute atomic E-state index is 11.8. The third-order valence-electron chi connectivity index (χ3n) is 3.96. The van der Waals surface area contributed by atoms with Crippen LogP contribution in [0.2, 0.25) is 0 Å². The van der Waals surface area contributed by atoms with Crippen molar-refractivity contribution >= 4 is 17.2 Å². The average molecular weight is 267 g/mol. The quantitative estimate of drug-likeness (QED) is 0.860. The molecular weight excluding hydrogens is 246 g/mol. The Hall–Kier alpha value is -0.870. The Morgan fingerprint density at radius 1 is 1.61 bits per heavy atom. The number of nitrogens with one attached hydrogen (secondary N) is 1. The summed E-state index contributed by atoms with van der Waals surface area (Å²) in [6.07, 6.45) is 2.84. The summed E-state index contributed by atoms with van der Waals surface area (Å²) in [6.45, 7) is 4.00. The fourth-order valence-corrected chi connectivity index (χ4v) is 3.04. The molecule has 1 aromatic heterocycles. The topological polar surface area (TPSA) is 49.3 Å². The highest BCUT2D eigenvalue weighted by atomic mass is 32.1. The molecule has 1 saturated carbocycles. The van der Waals surface area contributed by atoms with Crippen LogP contribution in [0.5, 0.6) is 0 Å². The van der Waals surface area contributed by atoms with Crippen LogP contribution >= 0.6 is 11.3 Å². The maximum Gasteiger partial charge on any atom is 0.220 e. The Kier molecular flexibility index (Phi) is 4.07. The molecule has 0 saturated heterocycles. The fourth-order valence-electron chi connectivity index (χ4n) is 2.29. The van der Waals surface area contributed by atoms with E-state index in [-0.39, 0.29) is 23.5 Å². The van der Waals surface area contributed by atoms with Crippen molar-refractivity contribution in [2.75, 3.05) is 0 Å². The Morgan fingerprint density at radius 2 is 2.39 bits per heavy atom.